The fraction of sp³-hybridized carbons (Fsp3) is 0.944. The number of amides is 1. The lowest BCUT2D eigenvalue weighted by Gasteiger charge is -2.39. The molecule has 0 spiro atoms. The van der Waals surface area contributed by atoms with Crippen LogP contribution in [0.1, 0.15) is 20.3 Å². The molecule has 0 bridgehead atoms. The Morgan fingerprint density at radius 3 is 2.04 bits per heavy atom. The standard InChI is InChI=1S/C18H37N5O/c1-17(2)22-12-14-23(15-13-22)18(24)16-21-10-8-20(9-11-21)7-5-6-19(3)4/h17H,5-16H2,1-4H3. The van der Waals surface area contributed by atoms with E-state index in [0.29, 0.717) is 18.5 Å². The molecule has 2 heterocycles. The predicted molar refractivity (Wildman–Crippen MR) is 99.3 cm³/mol. The normalized spacial score (nSPS) is 21.8. The molecular formula is C18H37N5O. The van der Waals surface area contributed by atoms with Gasteiger partial charge in [-0.15, -0.1) is 0 Å². The zero-order chi connectivity index (χ0) is 17.5. The van der Waals surface area contributed by atoms with E-state index in [9.17, 15) is 4.79 Å². The highest BCUT2D eigenvalue weighted by atomic mass is 16.2. The second-order valence-electron chi connectivity index (χ2n) is 7.79. The van der Waals surface area contributed by atoms with Gasteiger partial charge >= 0.3 is 0 Å². The summed E-state index contributed by atoms with van der Waals surface area (Å²) in [6.07, 6.45) is 1.23. The summed E-state index contributed by atoms with van der Waals surface area (Å²) in [4.78, 5) is 24.1. The molecule has 2 aliphatic rings. The topological polar surface area (TPSA) is 33.3 Å². The zero-order valence-corrected chi connectivity index (χ0v) is 16.2. The van der Waals surface area contributed by atoms with Gasteiger partial charge in [-0.05, 0) is 47.5 Å². The highest BCUT2D eigenvalue weighted by Crippen LogP contribution is 2.08. The zero-order valence-electron chi connectivity index (χ0n) is 16.2. The maximum atomic E-state index is 12.5. The minimum absolute atomic E-state index is 0.319. The summed E-state index contributed by atoms with van der Waals surface area (Å²) in [5, 5.41) is 0. The van der Waals surface area contributed by atoms with Crippen molar-refractivity contribution in [1.82, 2.24) is 24.5 Å². The SMILES string of the molecule is CC(C)N1CCN(C(=O)CN2CCN(CCCN(C)C)CC2)CC1. The molecule has 0 aromatic rings. The van der Waals surface area contributed by atoms with E-state index in [0.717, 1.165) is 58.9 Å². The van der Waals surface area contributed by atoms with Crippen molar-refractivity contribution in [3.63, 3.8) is 0 Å². The van der Waals surface area contributed by atoms with Gasteiger partial charge in [0.1, 0.15) is 0 Å². The van der Waals surface area contributed by atoms with Gasteiger partial charge in [0, 0.05) is 58.4 Å². The largest absolute Gasteiger partial charge is 0.339 e. The second kappa shape index (κ2) is 9.70. The molecule has 2 aliphatic heterocycles. The lowest BCUT2D eigenvalue weighted by molar-refractivity contribution is -0.134. The van der Waals surface area contributed by atoms with E-state index < -0.39 is 0 Å². The third kappa shape index (κ3) is 6.31. The van der Waals surface area contributed by atoms with Crippen molar-refractivity contribution >= 4 is 5.91 Å². The van der Waals surface area contributed by atoms with Gasteiger partial charge in [0.2, 0.25) is 5.91 Å². The second-order valence-corrected chi connectivity index (χ2v) is 7.79. The van der Waals surface area contributed by atoms with Crippen LogP contribution in [0, 0.1) is 0 Å². The van der Waals surface area contributed by atoms with Gasteiger partial charge in [-0.3, -0.25) is 14.6 Å². The number of nitrogens with zero attached hydrogens (tertiary/aromatic N) is 5. The van der Waals surface area contributed by atoms with Crippen LogP contribution in [-0.2, 0) is 4.79 Å². The molecule has 0 unspecified atom stereocenters. The monoisotopic (exact) mass is 339 g/mol. The molecule has 0 aromatic heterocycles. The molecule has 24 heavy (non-hydrogen) atoms. The van der Waals surface area contributed by atoms with Crippen molar-refractivity contribution < 1.29 is 4.79 Å². The van der Waals surface area contributed by atoms with Gasteiger partial charge in [-0.2, -0.15) is 0 Å². The van der Waals surface area contributed by atoms with E-state index in [1.165, 1.54) is 13.0 Å². The van der Waals surface area contributed by atoms with Crippen LogP contribution in [0.3, 0.4) is 0 Å². The third-order valence-electron chi connectivity index (χ3n) is 5.30. The van der Waals surface area contributed by atoms with Crippen LogP contribution in [0.15, 0.2) is 0 Å². The smallest absolute Gasteiger partial charge is 0.236 e. The van der Waals surface area contributed by atoms with Gasteiger partial charge < -0.3 is 14.7 Å². The minimum Gasteiger partial charge on any atom is -0.339 e. The van der Waals surface area contributed by atoms with Crippen LogP contribution in [0.2, 0.25) is 0 Å². The van der Waals surface area contributed by atoms with Gasteiger partial charge in [-0.1, -0.05) is 0 Å². The summed E-state index contributed by atoms with van der Waals surface area (Å²) < 4.78 is 0. The van der Waals surface area contributed by atoms with Crippen LogP contribution in [0.4, 0.5) is 0 Å². The highest BCUT2D eigenvalue weighted by molar-refractivity contribution is 5.78. The van der Waals surface area contributed by atoms with Crippen LogP contribution in [-0.4, -0.2) is 123 Å². The molecule has 6 nitrogen and oxygen atoms in total. The van der Waals surface area contributed by atoms with Crippen LogP contribution in [0.25, 0.3) is 0 Å². The summed E-state index contributed by atoms with van der Waals surface area (Å²) in [7, 11) is 4.26. The molecule has 140 valence electrons. The molecular weight excluding hydrogens is 302 g/mol. The van der Waals surface area contributed by atoms with Crippen molar-refractivity contribution in [2.45, 2.75) is 26.3 Å². The minimum atomic E-state index is 0.319. The molecule has 0 aromatic carbocycles. The fourth-order valence-corrected chi connectivity index (χ4v) is 3.56. The maximum Gasteiger partial charge on any atom is 0.236 e. The summed E-state index contributed by atoms with van der Waals surface area (Å²) in [6.45, 7) is 15.5. The predicted octanol–water partition coefficient (Wildman–Crippen LogP) is 0.108. The third-order valence-corrected chi connectivity index (χ3v) is 5.30. The number of rotatable bonds is 7. The molecule has 0 atom stereocenters. The summed E-state index contributed by atoms with van der Waals surface area (Å²) in [5.41, 5.74) is 0. The van der Waals surface area contributed by atoms with Crippen molar-refractivity contribution in [2.75, 3.05) is 86.1 Å². The van der Waals surface area contributed by atoms with Crippen LogP contribution >= 0.6 is 0 Å². The summed E-state index contributed by atoms with van der Waals surface area (Å²) >= 11 is 0. The lowest BCUT2D eigenvalue weighted by Crippen LogP contribution is -2.54. The van der Waals surface area contributed by atoms with E-state index in [2.05, 4.69) is 52.4 Å². The van der Waals surface area contributed by atoms with Gasteiger partial charge in [0.05, 0.1) is 6.54 Å². The molecule has 6 heteroatoms. The van der Waals surface area contributed by atoms with Crippen molar-refractivity contribution in [1.29, 1.82) is 0 Å². The highest BCUT2D eigenvalue weighted by Gasteiger charge is 2.25. The Labute approximate surface area is 148 Å². The molecule has 2 rings (SSSR count). The molecule has 0 radical (unpaired) electrons. The first kappa shape index (κ1) is 19.6. The molecule has 2 saturated heterocycles. The molecule has 2 fully saturated rings. The number of carbonyl (C=O) groups is 1. The first-order valence-electron chi connectivity index (χ1n) is 9.57. The lowest BCUT2D eigenvalue weighted by atomic mass is 10.2. The molecule has 0 saturated carbocycles. The van der Waals surface area contributed by atoms with E-state index >= 15 is 0 Å². The fourth-order valence-electron chi connectivity index (χ4n) is 3.56. The summed E-state index contributed by atoms with van der Waals surface area (Å²) in [6, 6.07) is 0.586. The summed E-state index contributed by atoms with van der Waals surface area (Å²) in [5.74, 6) is 0.319. The van der Waals surface area contributed by atoms with Crippen molar-refractivity contribution in [3.8, 4) is 0 Å². The molecule has 0 N–H and O–H groups in total. The van der Waals surface area contributed by atoms with Gasteiger partial charge in [0.15, 0.2) is 0 Å². The van der Waals surface area contributed by atoms with E-state index in [-0.39, 0.29) is 0 Å². The number of hydrogen-bond donors (Lipinski definition) is 0. The van der Waals surface area contributed by atoms with E-state index in [1.54, 1.807) is 0 Å². The van der Waals surface area contributed by atoms with E-state index in [4.69, 9.17) is 0 Å². The molecule has 1 amide bonds. The first-order valence-corrected chi connectivity index (χ1v) is 9.57. The Bertz CT molecular complexity index is 372. The van der Waals surface area contributed by atoms with Crippen molar-refractivity contribution in [3.05, 3.63) is 0 Å². The first-order chi connectivity index (χ1) is 11.5. The number of carbonyl (C=O) groups excluding carboxylic acids is 1. The van der Waals surface area contributed by atoms with Gasteiger partial charge in [0.25, 0.3) is 0 Å². The van der Waals surface area contributed by atoms with Crippen LogP contribution < -0.4 is 0 Å². The Morgan fingerprint density at radius 2 is 1.50 bits per heavy atom. The van der Waals surface area contributed by atoms with Crippen LogP contribution in [0.5, 0.6) is 0 Å². The maximum absolute atomic E-state index is 12.5. The van der Waals surface area contributed by atoms with Gasteiger partial charge in [-0.25, -0.2) is 0 Å². The molecule has 0 aliphatic carbocycles. The average Bonchev–Trinajstić information content (AvgIpc) is 2.56. The van der Waals surface area contributed by atoms with Crippen molar-refractivity contribution in [2.24, 2.45) is 0 Å². The van der Waals surface area contributed by atoms with E-state index in [1.807, 2.05) is 0 Å². The average molecular weight is 340 g/mol. The number of piperazine rings is 2. The number of hydrogen-bond acceptors (Lipinski definition) is 5. The Morgan fingerprint density at radius 1 is 0.917 bits per heavy atom. The Kier molecular flexibility index (Phi) is 7.94. The quantitative estimate of drug-likeness (QED) is 0.657. The Hall–Kier alpha value is -0.690. The Balaban J connectivity index is 1.62.